The van der Waals surface area contributed by atoms with Crippen LogP contribution in [0.25, 0.3) is 0 Å². The Hall–Kier alpha value is -1.06. The number of hydrogen-bond donors (Lipinski definition) is 1. The third-order valence-electron chi connectivity index (χ3n) is 4.47. The highest BCUT2D eigenvalue weighted by molar-refractivity contribution is 6.30. The number of carbonyl (C=O) groups is 1. The van der Waals surface area contributed by atoms with Gasteiger partial charge in [-0.25, -0.2) is 0 Å². The molecule has 1 N–H and O–H groups in total. The van der Waals surface area contributed by atoms with E-state index in [2.05, 4.69) is 17.1 Å². The predicted octanol–water partition coefficient (Wildman–Crippen LogP) is 2.54. The van der Waals surface area contributed by atoms with Crippen molar-refractivity contribution in [2.45, 2.75) is 19.9 Å². The van der Waals surface area contributed by atoms with Gasteiger partial charge in [0.05, 0.1) is 0 Å². The lowest BCUT2D eigenvalue weighted by Crippen LogP contribution is -2.31. The summed E-state index contributed by atoms with van der Waals surface area (Å²) in [5.74, 6) is 1.67. The Labute approximate surface area is 125 Å². The van der Waals surface area contributed by atoms with E-state index in [1.165, 1.54) is 13.0 Å². The fraction of sp³-hybridized carbons (Fsp3) is 0.562. The van der Waals surface area contributed by atoms with Crippen LogP contribution >= 0.6 is 11.6 Å². The summed E-state index contributed by atoms with van der Waals surface area (Å²) in [7, 11) is 0. The van der Waals surface area contributed by atoms with Crippen molar-refractivity contribution in [2.75, 3.05) is 19.6 Å². The number of halogens is 1. The van der Waals surface area contributed by atoms with Crippen LogP contribution in [0.3, 0.4) is 0 Å². The topological polar surface area (TPSA) is 32.3 Å². The zero-order chi connectivity index (χ0) is 14.1. The molecule has 1 amide bonds. The first-order valence-electron chi connectivity index (χ1n) is 7.43. The lowest BCUT2D eigenvalue weighted by Gasteiger charge is -2.18. The number of benzene rings is 1. The standard InChI is InChI=1S/C16H21ClN2O/c1-2-6-19-9-13-14(10-19)15(13)16(20)18-8-11-4-3-5-12(17)7-11/h3-5,7,13-15H,2,6,8-10H2,1H3,(H,18,20). The van der Waals surface area contributed by atoms with E-state index >= 15 is 0 Å². The van der Waals surface area contributed by atoms with Crippen molar-refractivity contribution in [3.8, 4) is 0 Å². The molecule has 20 heavy (non-hydrogen) atoms. The van der Waals surface area contributed by atoms with Crippen LogP contribution in [0.2, 0.25) is 5.02 Å². The highest BCUT2D eigenvalue weighted by atomic mass is 35.5. The van der Waals surface area contributed by atoms with E-state index in [0.29, 0.717) is 18.4 Å². The molecule has 0 radical (unpaired) electrons. The lowest BCUT2D eigenvalue weighted by molar-refractivity contribution is -0.123. The summed E-state index contributed by atoms with van der Waals surface area (Å²) in [6.45, 7) is 6.17. The van der Waals surface area contributed by atoms with Gasteiger partial charge in [0.25, 0.3) is 0 Å². The van der Waals surface area contributed by atoms with Gasteiger partial charge in [-0.15, -0.1) is 0 Å². The average molecular weight is 293 g/mol. The minimum atomic E-state index is 0.219. The molecule has 108 valence electrons. The van der Waals surface area contributed by atoms with Crippen LogP contribution in [0.4, 0.5) is 0 Å². The number of amides is 1. The van der Waals surface area contributed by atoms with Crippen molar-refractivity contribution in [3.63, 3.8) is 0 Å². The van der Waals surface area contributed by atoms with Gasteiger partial charge in [0.15, 0.2) is 0 Å². The van der Waals surface area contributed by atoms with Gasteiger partial charge in [-0.1, -0.05) is 30.7 Å². The van der Waals surface area contributed by atoms with Crippen LogP contribution in [-0.2, 0) is 11.3 Å². The number of carbonyl (C=O) groups excluding carboxylic acids is 1. The Morgan fingerprint density at radius 1 is 1.40 bits per heavy atom. The molecule has 1 saturated carbocycles. The number of piperidine rings is 1. The van der Waals surface area contributed by atoms with Crippen molar-refractivity contribution >= 4 is 17.5 Å². The first kappa shape index (κ1) is 13.9. The zero-order valence-electron chi connectivity index (χ0n) is 11.8. The Kier molecular flexibility index (Phi) is 3.99. The molecule has 1 aliphatic carbocycles. The van der Waals surface area contributed by atoms with Crippen molar-refractivity contribution in [1.82, 2.24) is 10.2 Å². The summed E-state index contributed by atoms with van der Waals surface area (Å²) in [5.41, 5.74) is 1.06. The van der Waals surface area contributed by atoms with Crippen molar-refractivity contribution in [3.05, 3.63) is 34.9 Å². The highest BCUT2D eigenvalue weighted by Crippen LogP contribution is 2.51. The molecule has 2 fully saturated rings. The SMILES string of the molecule is CCCN1CC2C(C1)C2C(=O)NCc1cccc(Cl)c1. The molecule has 4 heteroatoms. The maximum atomic E-state index is 12.2. The predicted molar refractivity (Wildman–Crippen MR) is 80.5 cm³/mol. The van der Waals surface area contributed by atoms with Gasteiger partial charge >= 0.3 is 0 Å². The molecule has 1 aliphatic heterocycles. The van der Waals surface area contributed by atoms with Gasteiger partial charge < -0.3 is 10.2 Å². The summed E-state index contributed by atoms with van der Waals surface area (Å²) in [6, 6.07) is 7.65. The average Bonchev–Trinajstić information content (AvgIpc) is 2.93. The number of rotatable bonds is 5. The summed E-state index contributed by atoms with van der Waals surface area (Å²) in [6.07, 6.45) is 1.20. The van der Waals surface area contributed by atoms with E-state index in [9.17, 15) is 4.79 Å². The molecule has 2 unspecified atom stereocenters. The Balaban J connectivity index is 1.46. The first-order valence-corrected chi connectivity index (χ1v) is 7.81. The smallest absolute Gasteiger partial charge is 0.224 e. The minimum absolute atomic E-state index is 0.219. The molecule has 3 rings (SSSR count). The van der Waals surface area contributed by atoms with E-state index in [0.717, 1.165) is 23.7 Å². The van der Waals surface area contributed by atoms with Crippen LogP contribution < -0.4 is 5.32 Å². The van der Waals surface area contributed by atoms with Crippen molar-refractivity contribution in [2.24, 2.45) is 17.8 Å². The van der Waals surface area contributed by atoms with Crippen LogP contribution in [0, 0.1) is 17.8 Å². The number of nitrogens with one attached hydrogen (secondary N) is 1. The van der Waals surface area contributed by atoms with Crippen LogP contribution in [0.1, 0.15) is 18.9 Å². The Morgan fingerprint density at radius 3 is 2.80 bits per heavy atom. The molecule has 0 bridgehead atoms. The van der Waals surface area contributed by atoms with E-state index in [1.807, 2.05) is 24.3 Å². The molecule has 1 aromatic carbocycles. The second-order valence-corrected chi connectivity index (χ2v) is 6.40. The van der Waals surface area contributed by atoms with E-state index in [-0.39, 0.29) is 11.8 Å². The van der Waals surface area contributed by atoms with E-state index < -0.39 is 0 Å². The molecule has 0 aromatic heterocycles. The highest BCUT2D eigenvalue weighted by Gasteiger charge is 2.58. The number of nitrogens with zero attached hydrogens (tertiary/aromatic N) is 1. The molecular weight excluding hydrogens is 272 g/mol. The molecule has 1 aromatic rings. The summed E-state index contributed by atoms with van der Waals surface area (Å²) < 4.78 is 0. The third-order valence-corrected chi connectivity index (χ3v) is 4.70. The first-order chi connectivity index (χ1) is 9.69. The number of hydrogen-bond acceptors (Lipinski definition) is 2. The van der Waals surface area contributed by atoms with Crippen LogP contribution in [-0.4, -0.2) is 30.4 Å². The summed E-state index contributed by atoms with van der Waals surface area (Å²) in [4.78, 5) is 14.7. The summed E-state index contributed by atoms with van der Waals surface area (Å²) >= 11 is 5.94. The fourth-order valence-corrected chi connectivity index (χ4v) is 3.67. The Morgan fingerprint density at radius 2 is 2.15 bits per heavy atom. The van der Waals surface area contributed by atoms with Crippen molar-refractivity contribution < 1.29 is 4.79 Å². The molecule has 1 heterocycles. The number of fused-ring (bicyclic) bond motifs is 1. The fourth-order valence-electron chi connectivity index (χ4n) is 3.46. The van der Waals surface area contributed by atoms with Crippen molar-refractivity contribution in [1.29, 1.82) is 0 Å². The summed E-state index contributed by atoms with van der Waals surface area (Å²) in [5, 5.41) is 3.77. The second-order valence-electron chi connectivity index (χ2n) is 5.96. The van der Waals surface area contributed by atoms with Gasteiger partial charge in [0.1, 0.15) is 0 Å². The molecular formula is C16H21ClN2O. The molecule has 2 aliphatic rings. The maximum absolute atomic E-state index is 12.2. The largest absolute Gasteiger partial charge is 0.352 e. The Bertz CT molecular complexity index is 493. The van der Waals surface area contributed by atoms with Gasteiger partial charge in [0.2, 0.25) is 5.91 Å². The maximum Gasteiger partial charge on any atom is 0.224 e. The minimum Gasteiger partial charge on any atom is -0.352 e. The quantitative estimate of drug-likeness (QED) is 0.904. The van der Waals surface area contributed by atoms with Gasteiger partial charge in [-0.3, -0.25) is 4.79 Å². The molecule has 2 atom stereocenters. The van der Waals surface area contributed by atoms with Gasteiger partial charge in [-0.05, 0) is 42.5 Å². The van der Waals surface area contributed by atoms with E-state index in [1.54, 1.807) is 0 Å². The zero-order valence-corrected chi connectivity index (χ0v) is 12.6. The third kappa shape index (κ3) is 2.84. The molecule has 0 spiro atoms. The number of likely N-dealkylation sites (tertiary alicyclic amines) is 1. The molecule has 3 nitrogen and oxygen atoms in total. The lowest BCUT2D eigenvalue weighted by atomic mass is 10.2. The van der Waals surface area contributed by atoms with Gasteiger partial charge in [-0.2, -0.15) is 0 Å². The monoisotopic (exact) mass is 292 g/mol. The molecule has 1 saturated heterocycles. The van der Waals surface area contributed by atoms with Gasteiger partial charge in [0, 0.05) is 30.6 Å². The van der Waals surface area contributed by atoms with Crippen LogP contribution in [0.5, 0.6) is 0 Å². The second kappa shape index (κ2) is 5.74. The van der Waals surface area contributed by atoms with Crippen LogP contribution in [0.15, 0.2) is 24.3 Å². The van der Waals surface area contributed by atoms with E-state index in [4.69, 9.17) is 11.6 Å². The normalized spacial score (nSPS) is 28.2.